The van der Waals surface area contributed by atoms with Crippen LogP contribution in [0.15, 0.2) is 28.9 Å². The number of rotatable bonds is 3. The highest BCUT2D eigenvalue weighted by Crippen LogP contribution is 2.24. The van der Waals surface area contributed by atoms with Gasteiger partial charge in [-0.3, -0.25) is 4.79 Å². The second-order valence-corrected chi connectivity index (χ2v) is 7.01. The lowest BCUT2D eigenvalue weighted by molar-refractivity contribution is 0.102. The largest absolute Gasteiger partial charge is 0.341 e. The molecule has 0 atom stereocenters. The molecule has 24 heavy (non-hydrogen) atoms. The summed E-state index contributed by atoms with van der Waals surface area (Å²) in [5.74, 6) is 0.530. The number of hydrogen-bond acceptors (Lipinski definition) is 4. The maximum Gasteiger partial charge on any atom is 0.259 e. The molecule has 1 fully saturated rings. The van der Waals surface area contributed by atoms with Crippen molar-refractivity contribution in [3.63, 3.8) is 0 Å². The Morgan fingerprint density at radius 3 is 2.62 bits per heavy atom. The Bertz CT molecular complexity index is 757. The molecule has 0 unspecified atom stereocenters. The van der Waals surface area contributed by atoms with Gasteiger partial charge < -0.3 is 10.2 Å². The van der Waals surface area contributed by atoms with Gasteiger partial charge in [0.1, 0.15) is 0 Å². The average Bonchev–Trinajstić information content (AvgIpc) is 2.58. The van der Waals surface area contributed by atoms with E-state index >= 15 is 0 Å². The van der Waals surface area contributed by atoms with Crippen molar-refractivity contribution in [2.75, 3.05) is 23.3 Å². The van der Waals surface area contributed by atoms with Gasteiger partial charge in [0.25, 0.3) is 5.91 Å². The molecule has 126 valence electrons. The van der Waals surface area contributed by atoms with Crippen LogP contribution in [0.3, 0.4) is 0 Å². The fourth-order valence-corrected chi connectivity index (χ4v) is 3.43. The Morgan fingerprint density at radius 2 is 1.96 bits per heavy atom. The normalized spacial score (nSPS) is 14.5. The van der Waals surface area contributed by atoms with E-state index in [0.29, 0.717) is 11.3 Å². The molecule has 1 aliphatic heterocycles. The lowest BCUT2D eigenvalue weighted by Gasteiger charge is -2.26. The maximum atomic E-state index is 12.5. The predicted molar refractivity (Wildman–Crippen MR) is 99.7 cm³/mol. The van der Waals surface area contributed by atoms with Gasteiger partial charge in [-0.25, -0.2) is 9.97 Å². The van der Waals surface area contributed by atoms with Crippen LogP contribution < -0.4 is 10.2 Å². The number of anilines is 2. The number of aryl methyl sites for hydroxylation is 2. The van der Waals surface area contributed by atoms with Gasteiger partial charge in [0.05, 0.1) is 16.9 Å². The van der Waals surface area contributed by atoms with Gasteiger partial charge >= 0.3 is 0 Å². The van der Waals surface area contributed by atoms with Crippen molar-refractivity contribution in [3.8, 4) is 0 Å². The monoisotopic (exact) mass is 388 g/mol. The molecule has 0 radical (unpaired) electrons. The number of hydrogen-bond donors (Lipinski definition) is 1. The van der Waals surface area contributed by atoms with E-state index in [1.165, 1.54) is 19.3 Å². The summed E-state index contributed by atoms with van der Waals surface area (Å²) >= 11 is 3.48. The van der Waals surface area contributed by atoms with Crippen LogP contribution in [0.2, 0.25) is 0 Å². The van der Waals surface area contributed by atoms with Crippen LogP contribution in [0.4, 0.5) is 11.6 Å². The molecule has 1 aromatic carbocycles. The van der Waals surface area contributed by atoms with Crippen molar-refractivity contribution in [2.24, 2.45) is 0 Å². The van der Waals surface area contributed by atoms with Crippen molar-refractivity contribution in [2.45, 2.75) is 33.1 Å². The molecule has 1 aliphatic rings. The number of carbonyl (C=O) groups is 1. The topological polar surface area (TPSA) is 58.1 Å². The van der Waals surface area contributed by atoms with Crippen LogP contribution in [-0.2, 0) is 0 Å². The first-order chi connectivity index (χ1) is 11.5. The summed E-state index contributed by atoms with van der Waals surface area (Å²) in [6, 6.07) is 5.82. The predicted octanol–water partition coefficient (Wildman–Crippen LogP) is 4.10. The van der Waals surface area contributed by atoms with Crippen LogP contribution >= 0.6 is 15.9 Å². The zero-order chi connectivity index (χ0) is 17.1. The third-order valence-electron chi connectivity index (χ3n) is 4.22. The Balaban J connectivity index is 1.77. The van der Waals surface area contributed by atoms with Crippen molar-refractivity contribution in [1.29, 1.82) is 0 Å². The minimum absolute atomic E-state index is 0.192. The van der Waals surface area contributed by atoms with Crippen molar-refractivity contribution >= 4 is 33.5 Å². The molecular formula is C18H21BrN4O. The number of halogens is 1. The Labute approximate surface area is 150 Å². The summed E-state index contributed by atoms with van der Waals surface area (Å²) in [4.78, 5) is 23.7. The number of amides is 1. The number of nitrogens with one attached hydrogen (secondary N) is 1. The molecule has 0 bridgehead atoms. The fraction of sp³-hybridized carbons (Fsp3) is 0.389. The van der Waals surface area contributed by atoms with Gasteiger partial charge in [0, 0.05) is 23.8 Å². The molecular weight excluding hydrogens is 368 g/mol. The second kappa shape index (κ2) is 7.30. The summed E-state index contributed by atoms with van der Waals surface area (Å²) in [5, 5.41) is 2.91. The van der Waals surface area contributed by atoms with Crippen molar-refractivity contribution in [3.05, 3.63) is 45.7 Å². The lowest BCUT2D eigenvalue weighted by atomic mass is 10.1. The minimum atomic E-state index is -0.192. The highest BCUT2D eigenvalue weighted by atomic mass is 79.9. The molecule has 0 saturated carbocycles. The standard InChI is InChI=1S/C18H21BrN4O/c1-12-6-7-16(15(19)10-12)22-17(24)14-11-20-18(21-13(14)2)23-8-4-3-5-9-23/h6-7,10-11H,3-5,8-9H2,1-2H3,(H,22,24). The van der Waals surface area contributed by atoms with Crippen LogP contribution in [0, 0.1) is 13.8 Å². The summed E-state index contributed by atoms with van der Waals surface area (Å²) in [7, 11) is 0. The first-order valence-corrected chi connectivity index (χ1v) is 9.00. The van der Waals surface area contributed by atoms with Gasteiger partial charge in [-0.05, 0) is 66.7 Å². The van der Waals surface area contributed by atoms with E-state index in [-0.39, 0.29) is 5.91 Å². The zero-order valence-electron chi connectivity index (χ0n) is 14.0. The molecule has 0 spiro atoms. The molecule has 1 saturated heterocycles. The van der Waals surface area contributed by atoms with E-state index in [1.54, 1.807) is 6.20 Å². The fourth-order valence-electron chi connectivity index (χ4n) is 2.84. The van der Waals surface area contributed by atoms with Gasteiger partial charge in [-0.2, -0.15) is 0 Å². The number of carbonyl (C=O) groups excluding carboxylic acids is 1. The number of benzene rings is 1. The first-order valence-electron chi connectivity index (χ1n) is 8.20. The molecule has 6 heteroatoms. The number of nitrogens with zero attached hydrogens (tertiary/aromatic N) is 3. The molecule has 3 rings (SSSR count). The van der Waals surface area contributed by atoms with Gasteiger partial charge in [0.2, 0.25) is 5.95 Å². The average molecular weight is 389 g/mol. The second-order valence-electron chi connectivity index (χ2n) is 6.15. The van der Waals surface area contributed by atoms with E-state index in [2.05, 4.69) is 36.1 Å². The molecule has 5 nitrogen and oxygen atoms in total. The van der Waals surface area contributed by atoms with Gasteiger partial charge in [0.15, 0.2) is 0 Å². The van der Waals surface area contributed by atoms with Gasteiger partial charge in [-0.15, -0.1) is 0 Å². The Kier molecular flexibility index (Phi) is 5.14. The highest BCUT2D eigenvalue weighted by molar-refractivity contribution is 9.10. The van der Waals surface area contributed by atoms with Crippen molar-refractivity contribution in [1.82, 2.24) is 9.97 Å². The molecule has 2 aromatic rings. The summed E-state index contributed by atoms with van der Waals surface area (Å²) in [6.45, 7) is 5.84. The molecule has 1 amide bonds. The highest BCUT2D eigenvalue weighted by Gasteiger charge is 2.17. The maximum absolute atomic E-state index is 12.5. The quantitative estimate of drug-likeness (QED) is 0.859. The SMILES string of the molecule is Cc1ccc(NC(=O)c2cnc(N3CCCCC3)nc2C)c(Br)c1. The molecule has 2 heterocycles. The van der Waals surface area contributed by atoms with Crippen LogP contribution in [0.5, 0.6) is 0 Å². The summed E-state index contributed by atoms with van der Waals surface area (Å²) in [6.07, 6.45) is 5.24. The Hall–Kier alpha value is -1.95. The Morgan fingerprint density at radius 1 is 1.21 bits per heavy atom. The van der Waals surface area contributed by atoms with Crippen LogP contribution in [0.1, 0.15) is 40.9 Å². The van der Waals surface area contributed by atoms with Crippen molar-refractivity contribution < 1.29 is 4.79 Å². The van der Waals surface area contributed by atoms with E-state index in [1.807, 2.05) is 32.0 Å². The van der Waals surface area contributed by atoms with Crippen LogP contribution in [0.25, 0.3) is 0 Å². The first kappa shape index (κ1) is 16.9. The molecule has 0 aliphatic carbocycles. The zero-order valence-corrected chi connectivity index (χ0v) is 15.6. The third kappa shape index (κ3) is 3.75. The molecule has 1 aromatic heterocycles. The lowest BCUT2D eigenvalue weighted by Crippen LogP contribution is -2.31. The van der Waals surface area contributed by atoms with Gasteiger partial charge in [-0.1, -0.05) is 6.07 Å². The number of aromatic nitrogens is 2. The minimum Gasteiger partial charge on any atom is -0.341 e. The van der Waals surface area contributed by atoms with E-state index < -0.39 is 0 Å². The van der Waals surface area contributed by atoms with Crippen LogP contribution in [-0.4, -0.2) is 29.0 Å². The summed E-state index contributed by atoms with van der Waals surface area (Å²) in [5.41, 5.74) is 3.07. The third-order valence-corrected chi connectivity index (χ3v) is 4.88. The van der Waals surface area contributed by atoms with E-state index in [9.17, 15) is 4.79 Å². The summed E-state index contributed by atoms with van der Waals surface area (Å²) < 4.78 is 0.861. The smallest absolute Gasteiger partial charge is 0.259 e. The number of piperidine rings is 1. The van der Waals surface area contributed by atoms with E-state index in [0.717, 1.165) is 34.8 Å². The molecule has 1 N–H and O–H groups in total. The van der Waals surface area contributed by atoms with E-state index in [4.69, 9.17) is 0 Å².